The normalized spacial score (nSPS) is 18.3. The minimum atomic E-state index is -0.258. The molecule has 2 aliphatic heterocycles. The van der Waals surface area contributed by atoms with E-state index in [2.05, 4.69) is 105 Å². The Morgan fingerprint density at radius 2 is 1.15 bits per heavy atom. The summed E-state index contributed by atoms with van der Waals surface area (Å²) in [6.45, 7) is 12.4. The fourth-order valence-corrected chi connectivity index (χ4v) is 8.30. The van der Waals surface area contributed by atoms with Crippen LogP contribution in [0.4, 0.5) is 11.6 Å². The number of nitrogens with two attached hydrogens (primary N) is 2. The van der Waals surface area contributed by atoms with Crippen LogP contribution in [0.2, 0.25) is 0 Å². The van der Waals surface area contributed by atoms with Gasteiger partial charge < -0.3 is 41.8 Å². The van der Waals surface area contributed by atoms with Gasteiger partial charge in [0.25, 0.3) is 11.8 Å². The molecule has 0 unspecified atom stereocenters. The highest BCUT2D eigenvalue weighted by molar-refractivity contribution is 6.00. The van der Waals surface area contributed by atoms with Gasteiger partial charge in [0.2, 0.25) is 0 Å². The van der Waals surface area contributed by atoms with E-state index in [0.29, 0.717) is 44.0 Å². The van der Waals surface area contributed by atoms with Gasteiger partial charge in [0.15, 0.2) is 0 Å². The van der Waals surface area contributed by atoms with E-state index < -0.39 is 0 Å². The maximum Gasteiger partial charge on any atom is 0.255 e. The van der Waals surface area contributed by atoms with Crippen LogP contribution in [0, 0.1) is 13.8 Å². The van der Waals surface area contributed by atoms with E-state index in [-0.39, 0.29) is 47.7 Å². The summed E-state index contributed by atoms with van der Waals surface area (Å²) < 4.78 is 15.8. The summed E-state index contributed by atoms with van der Waals surface area (Å²) >= 11 is 0. The van der Waals surface area contributed by atoms with Gasteiger partial charge in [-0.25, -0.2) is 9.97 Å². The second-order valence-electron chi connectivity index (χ2n) is 17.1. The Morgan fingerprint density at radius 1 is 0.662 bits per heavy atom. The van der Waals surface area contributed by atoms with Crippen molar-refractivity contribution in [2.45, 2.75) is 78.0 Å². The lowest BCUT2D eigenvalue weighted by molar-refractivity contribution is 0.0323. The number of ether oxygens (including phenoxy) is 2. The van der Waals surface area contributed by atoms with Crippen LogP contribution in [0.3, 0.4) is 0 Å². The van der Waals surface area contributed by atoms with Crippen molar-refractivity contribution < 1.29 is 19.1 Å². The van der Waals surface area contributed by atoms with Crippen LogP contribution in [0.25, 0.3) is 22.3 Å². The van der Waals surface area contributed by atoms with Gasteiger partial charge in [-0.15, -0.1) is 0 Å². The predicted octanol–water partition coefficient (Wildman–Crippen LogP) is 4.79. The van der Waals surface area contributed by atoms with Crippen molar-refractivity contribution in [3.05, 3.63) is 130 Å². The van der Waals surface area contributed by atoms with Crippen LogP contribution in [0.15, 0.2) is 85.7 Å². The number of benzene rings is 2. The summed E-state index contributed by atoms with van der Waals surface area (Å²) in [5.41, 5.74) is 23.7. The molecule has 0 spiro atoms. The first kappa shape index (κ1) is 46.5. The largest absolute Gasteiger partial charge is 0.383 e. The average Bonchev–Trinajstić information content (AvgIpc) is 4.12. The van der Waals surface area contributed by atoms with Gasteiger partial charge in [0.1, 0.15) is 11.6 Å². The van der Waals surface area contributed by atoms with E-state index >= 15 is 0 Å². The number of rotatable bonds is 14. The molecular weight excluding hydrogens is 821 g/mol. The summed E-state index contributed by atoms with van der Waals surface area (Å²) in [6, 6.07) is 16.1. The fraction of sp³-hybridized carbons (Fsp3) is 0.388. The molecule has 0 saturated carbocycles. The molecule has 4 aromatic heterocycles. The zero-order chi connectivity index (χ0) is 46.2. The molecule has 2 fully saturated rings. The number of hydrogen-bond donors (Lipinski definition) is 5. The molecule has 16 heteroatoms. The number of pyridine rings is 2. The number of aryl methyl sites for hydroxylation is 6. The van der Waals surface area contributed by atoms with Crippen LogP contribution in [0.1, 0.15) is 67.9 Å². The van der Waals surface area contributed by atoms with E-state index in [1.54, 1.807) is 46.3 Å². The van der Waals surface area contributed by atoms with Crippen molar-refractivity contribution >= 4 is 23.5 Å². The van der Waals surface area contributed by atoms with Crippen molar-refractivity contribution in [2.75, 3.05) is 44.7 Å². The fourth-order valence-electron chi connectivity index (χ4n) is 8.30. The van der Waals surface area contributed by atoms with E-state index in [4.69, 9.17) is 20.9 Å². The zero-order valence-electron chi connectivity index (χ0n) is 38.5. The smallest absolute Gasteiger partial charge is 0.255 e. The van der Waals surface area contributed by atoms with E-state index in [1.807, 2.05) is 33.5 Å². The monoisotopic (exact) mass is 883 g/mol. The van der Waals surface area contributed by atoms with Crippen LogP contribution in [0.5, 0.6) is 0 Å². The number of nitrogens with zero attached hydrogens (tertiary/aromatic N) is 7. The van der Waals surface area contributed by atoms with Crippen LogP contribution in [-0.4, -0.2) is 104 Å². The molecule has 2 aromatic carbocycles. The highest BCUT2D eigenvalue weighted by Crippen LogP contribution is 2.25. The van der Waals surface area contributed by atoms with Crippen molar-refractivity contribution in [3.63, 3.8) is 0 Å². The first-order valence-electron chi connectivity index (χ1n) is 22.2. The number of nitrogen functional groups attached to an aromatic ring is 2. The number of anilines is 2. The van der Waals surface area contributed by atoms with Gasteiger partial charge in [0.05, 0.1) is 61.0 Å². The molecule has 0 radical (unpaired) electrons. The number of carbonyl (C=O) groups is 2. The predicted molar refractivity (Wildman–Crippen MR) is 253 cm³/mol. The topological polar surface area (TPSA) is 205 Å². The van der Waals surface area contributed by atoms with Gasteiger partial charge in [-0.05, 0) is 79.3 Å². The molecule has 6 aromatic rings. The number of amides is 2. The standard InChI is InChI=1S/C25H32N6O2.C24H30N6O2/c1-5-18-8-17(7-6-16(18)2)15-33-23-14-30(3)13-22(23)29-25(32)21-9-19(10-27-24(21)26)20-11-28-31(4)12-20;1-4-17-7-16(6-5-15(17)2)14-32-22-12-26-11-21(22)29-24(31)20-8-18(9-27-23(20)25)19-10-28-30(3)13-19/h6-12,22-23H,5,13-15H2,1-4H3,(H2,26,27)(H,29,32);5-10,13,21-22,26H,4,11-12,14H2,1-3H3,(H2,25,27)(H,29,31)/t22-,23-;21-,22-/m00/s1. The van der Waals surface area contributed by atoms with Crippen molar-refractivity contribution in [1.82, 2.24) is 50.4 Å². The zero-order valence-corrected chi connectivity index (χ0v) is 38.5. The number of aromatic nitrogens is 6. The Labute approximate surface area is 381 Å². The van der Waals surface area contributed by atoms with Crippen molar-refractivity contribution in [2.24, 2.45) is 14.1 Å². The third-order valence-corrected chi connectivity index (χ3v) is 12.2. The lowest BCUT2D eigenvalue weighted by atomic mass is 10.0. The van der Waals surface area contributed by atoms with E-state index in [9.17, 15) is 9.59 Å². The first-order chi connectivity index (χ1) is 31.3. The number of carbonyl (C=O) groups excluding carboxylic acids is 2. The number of nitrogens with one attached hydrogen (secondary N) is 3. The molecule has 4 atom stereocenters. The van der Waals surface area contributed by atoms with Gasteiger partial charge in [-0.2, -0.15) is 10.2 Å². The van der Waals surface area contributed by atoms with E-state index in [1.165, 1.54) is 22.3 Å². The van der Waals surface area contributed by atoms with E-state index in [0.717, 1.165) is 52.8 Å². The van der Waals surface area contributed by atoms with Crippen molar-refractivity contribution in [1.29, 1.82) is 0 Å². The molecule has 7 N–H and O–H groups in total. The number of likely N-dealkylation sites (tertiary alicyclic amines) is 1. The number of hydrogen-bond acceptors (Lipinski definition) is 12. The molecule has 0 bridgehead atoms. The lowest BCUT2D eigenvalue weighted by Gasteiger charge is -2.21. The molecular formula is C49H62N12O4. The Bertz CT molecular complexity index is 2610. The summed E-state index contributed by atoms with van der Waals surface area (Å²) in [6.07, 6.45) is 12.3. The summed E-state index contributed by atoms with van der Waals surface area (Å²) in [7, 11) is 5.72. The maximum atomic E-state index is 13.1. The van der Waals surface area contributed by atoms with Gasteiger partial charge in [-0.3, -0.25) is 19.0 Å². The maximum absolute atomic E-state index is 13.1. The Kier molecular flexibility index (Phi) is 15.0. The van der Waals surface area contributed by atoms with Gasteiger partial charge in [-0.1, -0.05) is 50.2 Å². The molecule has 342 valence electrons. The summed E-state index contributed by atoms with van der Waals surface area (Å²) in [4.78, 5) is 36.8. The Morgan fingerprint density at radius 3 is 1.63 bits per heavy atom. The highest BCUT2D eigenvalue weighted by atomic mass is 16.5. The third-order valence-electron chi connectivity index (χ3n) is 12.2. The quantitative estimate of drug-likeness (QED) is 0.100. The molecule has 2 amide bonds. The second-order valence-corrected chi connectivity index (χ2v) is 17.1. The van der Waals surface area contributed by atoms with Crippen LogP contribution in [-0.2, 0) is 49.6 Å². The molecule has 6 heterocycles. The molecule has 65 heavy (non-hydrogen) atoms. The highest BCUT2D eigenvalue weighted by Gasteiger charge is 2.34. The summed E-state index contributed by atoms with van der Waals surface area (Å²) in [5.74, 6) is -0.101. The number of likely N-dealkylation sites (N-methyl/N-ethyl adjacent to an activating group) is 1. The van der Waals surface area contributed by atoms with Crippen molar-refractivity contribution in [3.8, 4) is 22.3 Å². The molecule has 2 saturated heterocycles. The lowest BCUT2D eigenvalue weighted by Crippen LogP contribution is -2.44. The van der Waals surface area contributed by atoms with Crippen LogP contribution < -0.4 is 27.4 Å². The SMILES string of the molecule is CCc1cc(CO[C@H]2CN(C)C[C@@H]2NC(=O)c2cc(-c3cnn(C)c3)cnc2N)ccc1C.CCc1cc(CO[C@H]2CNC[C@@H]2NC(=O)c2cc(-c3cnn(C)c3)cnc2N)ccc1C. The molecule has 16 nitrogen and oxygen atoms in total. The Hall–Kier alpha value is -6.46. The van der Waals surface area contributed by atoms with Gasteiger partial charge in [0, 0.05) is 87.3 Å². The first-order valence-corrected chi connectivity index (χ1v) is 22.2. The van der Waals surface area contributed by atoms with Gasteiger partial charge >= 0.3 is 0 Å². The average molecular weight is 883 g/mol. The minimum absolute atomic E-state index is 0.110. The molecule has 0 aliphatic carbocycles. The summed E-state index contributed by atoms with van der Waals surface area (Å²) in [5, 5.41) is 17.9. The Balaban J connectivity index is 0.000000194. The van der Waals surface area contributed by atoms with Crippen LogP contribution >= 0.6 is 0 Å². The second kappa shape index (κ2) is 21.0. The third kappa shape index (κ3) is 11.6. The molecule has 2 aliphatic rings. The minimum Gasteiger partial charge on any atom is -0.383 e. The molecule has 8 rings (SSSR count).